The molecule has 0 saturated heterocycles. The largest absolute Gasteiger partial charge is 0.573 e. The van der Waals surface area contributed by atoms with Crippen molar-refractivity contribution in [3.8, 4) is 5.75 Å². The average molecular weight is 402 g/mol. The number of amidine groups is 1. The van der Waals surface area contributed by atoms with Crippen LogP contribution >= 0.6 is 0 Å². The van der Waals surface area contributed by atoms with Gasteiger partial charge in [-0.1, -0.05) is 6.07 Å². The zero-order valence-electron chi connectivity index (χ0n) is 15.6. The lowest BCUT2D eigenvalue weighted by atomic mass is 10.1. The van der Waals surface area contributed by atoms with Gasteiger partial charge in [-0.15, -0.1) is 13.2 Å². The van der Waals surface area contributed by atoms with Crippen molar-refractivity contribution >= 4 is 28.1 Å². The zero-order valence-corrected chi connectivity index (χ0v) is 15.6. The van der Waals surface area contributed by atoms with Crippen LogP contribution in [0.15, 0.2) is 42.2 Å². The number of nitrogens with one attached hydrogen (secondary N) is 2. The second-order valence-electron chi connectivity index (χ2n) is 6.84. The molecule has 29 heavy (non-hydrogen) atoms. The number of aryl methyl sites for hydroxylation is 2. The number of fused-ring (bicyclic) bond motifs is 1. The summed E-state index contributed by atoms with van der Waals surface area (Å²) in [7, 11) is 0. The van der Waals surface area contributed by atoms with E-state index in [0.717, 1.165) is 16.6 Å². The number of benzene rings is 2. The van der Waals surface area contributed by atoms with Crippen LogP contribution in [-0.2, 0) is 0 Å². The van der Waals surface area contributed by atoms with Crippen molar-refractivity contribution in [2.45, 2.75) is 20.2 Å². The number of aromatic nitrogens is 2. The van der Waals surface area contributed by atoms with Crippen molar-refractivity contribution in [2.75, 3.05) is 11.4 Å². The summed E-state index contributed by atoms with van der Waals surface area (Å²) in [5, 5.41) is 18.9. The Labute approximate surface area is 163 Å². The molecule has 150 valence electrons. The van der Waals surface area contributed by atoms with Crippen molar-refractivity contribution in [3.05, 3.63) is 59.1 Å². The fourth-order valence-electron chi connectivity index (χ4n) is 3.29. The van der Waals surface area contributed by atoms with E-state index in [2.05, 4.69) is 14.7 Å². The van der Waals surface area contributed by atoms with E-state index in [1.807, 2.05) is 26.0 Å². The topological polar surface area (TPSA) is 85.2 Å². The van der Waals surface area contributed by atoms with Crippen LogP contribution < -0.4 is 9.64 Å². The van der Waals surface area contributed by atoms with Crippen LogP contribution in [-0.4, -0.2) is 33.8 Å². The van der Waals surface area contributed by atoms with Crippen LogP contribution in [0.3, 0.4) is 0 Å². The quantitative estimate of drug-likeness (QED) is 0.585. The molecule has 0 unspecified atom stereocenters. The molecule has 0 atom stereocenters. The molecule has 0 radical (unpaired) electrons. The molecule has 0 amide bonds. The Bertz CT molecular complexity index is 1130. The summed E-state index contributed by atoms with van der Waals surface area (Å²) in [4.78, 5) is 8.97. The Morgan fingerprint density at radius 1 is 1.17 bits per heavy atom. The van der Waals surface area contributed by atoms with Gasteiger partial charge in [0.15, 0.2) is 0 Å². The van der Waals surface area contributed by atoms with E-state index in [4.69, 9.17) is 5.41 Å². The van der Waals surface area contributed by atoms with Gasteiger partial charge in [-0.25, -0.2) is 4.98 Å². The second-order valence-corrected chi connectivity index (χ2v) is 6.84. The number of aliphatic hydroxyl groups is 1. The van der Waals surface area contributed by atoms with E-state index < -0.39 is 12.1 Å². The Morgan fingerprint density at radius 2 is 1.90 bits per heavy atom. The Balaban J connectivity index is 1.66. The first kappa shape index (κ1) is 18.9. The number of aliphatic hydroxyl groups excluding tert-OH is 1. The SMILES string of the molecule is Cc1cc2nc(C3=C(O)CN(c4cccc(OC(F)(F)F)c4)C3=N)[nH]c2cc1C. The summed E-state index contributed by atoms with van der Waals surface area (Å²) < 4.78 is 41.4. The predicted octanol–water partition coefficient (Wildman–Crippen LogP) is 4.84. The molecule has 3 N–H and O–H groups in total. The maximum Gasteiger partial charge on any atom is 0.573 e. The molecule has 6 nitrogen and oxygen atoms in total. The minimum atomic E-state index is -4.81. The highest BCUT2D eigenvalue weighted by molar-refractivity contribution is 6.30. The first-order valence-electron chi connectivity index (χ1n) is 8.74. The third-order valence-electron chi connectivity index (χ3n) is 4.80. The molecule has 0 aliphatic carbocycles. The number of H-pyrrole nitrogens is 1. The van der Waals surface area contributed by atoms with Gasteiger partial charge < -0.3 is 19.7 Å². The molecular formula is C20H17F3N4O2. The summed E-state index contributed by atoms with van der Waals surface area (Å²) in [5.41, 5.74) is 4.12. The van der Waals surface area contributed by atoms with Gasteiger partial charge in [-0.2, -0.15) is 0 Å². The van der Waals surface area contributed by atoms with Crippen molar-refractivity contribution in [2.24, 2.45) is 0 Å². The summed E-state index contributed by atoms with van der Waals surface area (Å²) in [5.74, 6) is -0.230. The minimum Gasteiger partial charge on any atom is -0.509 e. The van der Waals surface area contributed by atoms with E-state index in [1.54, 1.807) is 6.07 Å². The van der Waals surface area contributed by atoms with Crippen molar-refractivity contribution < 1.29 is 23.0 Å². The summed E-state index contributed by atoms with van der Waals surface area (Å²) in [6.45, 7) is 3.88. The number of nitrogens with zero attached hydrogens (tertiary/aromatic N) is 2. The number of rotatable bonds is 3. The van der Waals surface area contributed by atoms with Gasteiger partial charge in [0.2, 0.25) is 0 Å². The first-order valence-corrected chi connectivity index (χ1v) is 8.74. The van der Waals surface area contributed by atoms with Crippen LogP contribution in [0.5, 0.6) is 5.75 Å². The van der Waals surface area contributed by atoms with Crippen LogP contribution in [0.1, 0.15) is 17.0 Å². The lowest BCUT2D eigenvalue weighted by molar-refractivity contribution is -0.274. The molecular weight excluding hydrogens is 385 g/mol. The fraction of sp³-hybridized carbons (Fsp3) is 0.200. The second kappa shape index (κ2) is 6.54. The summed E-state index contributed by atoms with van der Waals surface area (Å²) in [6.07, 6.45) is -4.81. The van der Waals surface area contributed by atoms with Crippen molar-refractivity contribution in [3.63, 3.8) is 0 Å². The van der Waals surface area contributed by atoms with Gasteiger partial charge in [0.25, 0.3) is 0 Å². The standard InChI is InChI=1S/C20H17F3N4O2/c1-10-6-14-15(7-11(10)2)26-19(25-14)17-16(28)9-27(18(17)24)12-4-3-5-13(8-12)29-20(21,22)23/h3-8,24,28H,9H2,1-2H3,(H,25,26). The number of imidazole rings is 1. The average Bonchev–Trinajstić information content (AvgIpc) is 3.13. The third kappa shape index (κ3) is 3.51. The molecule has 0 fully saturated rings. The Hall–Kier alpha value is -3.49. The number of anilines is 1. The molecule has 4 rings (SSSR count). The molecule has 0 spiro atoms. The molecule has 0 saturated carbocycles. The van der Waals surface area contributed by atoms with Gasteiger partial charge in [0, 0.05) is 11.8 Å². The number of aromatic amines is 1. The van der Waals surface area contributed by atoms with Gasteiger partial charge in [-0.05, 0) is 49.2 Å². The number of hydrogen-bond acceptors (Lipinski definition) is 4. The fourth-order valence-corrected chi connectivity index (χ4v) is 3.29. The molecule has 0 bridgehead atoms. The zero-order chi connectivity index (χ0) is 20.9. The van der Waals surface area contributed by atoms with Crippen LogP contribution in [0.4, 0.5) is 18.9 Å². The van der Waals surface area contributed by atoms with E-state index in [-0.39, 0.29) is 23.7 Å². The van der Waals surface area contributed by atoms with Crippen LogP contribution in [0, 0.1) is 19.3 Å². The van der Waals surface area contributed by atoms with Crippen molar-refractivity contribution in [1.29, 1.82) is 5.41 Å². The predicted molar refractivity (Wildman–Crippen MR) is 103 cm³/mol. The third-order valence-corrected chi connectivity index (χ3v) is 4.80. The van der Waals surface area contributed by atoms with E-state index in [0.29, 0.717) is 17.0 Å². The number of halogens is 3. The van der Waals surface area contributed by atoms with Crippen molar-refractivity contribution in [1.82, 2.24) is 9.97 Å². The molecule has 3 aromatic rings. The lowest BCUT2D eigenvalue weighted by Crippen LogP contribution is -2.26. The Kier molecular flexibility index (Phi) is 4.25. The van der Waals surface area contributed by atoms with Crippen LogP contribution in [0.25, 0.3) is 16.6 Å². The monoisotopic (exact) mass is 402 g/mol. The lowest BCUT2D eigenvalue weighted by Gasteiger charge is -2.19. The minimum absolute atomic E-state index is 0.0568. The Morgan fingerprint density at radius 3 is 2.62 bits per heavy atom. The molecule has 9 heteroatoms. The summed E-state index contributed by atoms with van der Waals surface area (Å²) in [6, 6.07) is 9.13. The summed E-state index contributed by atoms with van der Waals surface area (Å²) >= 11 is 0. The molecule has 1 aliphatic heterocycles. The highest BCUT2D eigenvalue weighted by Gasteiger charge is 2.33. The van der Waals surface area contributed by atoms with Gasteiger partial charge in [0.1, 0.15) is 23.2 Å². The van der Waals surface area contributed by atoms with E-state index >= 15 is 0 Å². The van der Waals surface area contributed by atoms with E-state index in [9.17, 15) is 18.3 Å². The highest BCUT2D eigenvalue weighted by Crippen LogP contribution is 2.33. The molecule has 1 aliphatic rings. The van der Waals surface area contributed by atoms with Gasteiger partial charge >= 0.3 is 6.36 Å². The number of alkyl halides is 3. The van der Waals surface area contributed by atoms with E-state index in [1.165, 1.54) is 23.1 Å². The molecule has 2 aromatic carbocycles. The molecule has 2 heterocycles. The highest BCUT2D eigenvalue weighted by atomic mass is 19.4. The smallest absolute Gasteiger partial charge is 0.509 e. The maximum absolute atomic E-state index is 12.5. The normalized spacial score (nSPS) is 14.9. The van der Waals surface area contributed by atoms with Gasteiger partial charge in [-0.3, -0.25) is 5.41 Å². The number of ether oxygens (including phenoxy) is 1. The maximum atomic E-state index is 12.5. The first-order chi connectivity index (χ1) is 13.6. The number of hydrogen-bond donors (Lipinski definition) is 3. The molecule has 1 aromatic heterocycles. The van der Waals surface area contributed by atoms with Gasteiger partial charge in [0.05, 0.1) is 23.2 Å². The van der Waals surface area contributed by atoms with Crippen LogP contribution in [0.2, 0.25) is 0 Å².